The first-order valence-corrected chi connectivity index (χ1v) is 13.0. The first-order valence-electron chi connectivity index (χ1n) is 13.0. The number of rotatable bonds is 4. The number of aromatic nitrogens is 1. The normalized spacial score (nSPS) is 18.9. The SMILES string of the molecule is CC[C@H]1COc2ccc3nc(C)ccc3c2O1.O=C1COc2ccc(CCC3CCNCC3)cc2N1. The smallest absolute Gasteiger partial charge is 0.262 e. The van der Waals surface area contributed by atoms with Crippen LogP contribution in [0.25, 0.3) is 10.9 Å². The standard InChI is InChI=1S/C15H20N2O2.C14H15NO2/c18-15-10-19-14-4-3-12(9-13(14)17-15)2-1-11-5-7-16-8-6-11;1-3-10-8-16-13-7-6-12-11(14(13)17-10)5-4-9(2)15-12/h3-4,9,11,16H,1-2,5-8,10H2,(H,17,18);4-7,10H,3,8H2,1-2H3/t;10-/m.0/s1. The molecular formula is C29H35N3O4. The summed E-state index contributed by atoms with van der Waals surface area (Å²) in [5.41, 5.74) is 4.08. The molecular weight excluding hydrogens is 454 g/mol. The molecule has 7 nitrogen and oxygen atoms in total. The van der Waals surface area contributed by atoms with Crippen molar-refractivity contribution in [2.45, 2.75) is 52.1 Å². The lowest BCUT2D eigenvalue weighted by Crippen LogP contribution is -2.28. The Labute approximate surface area is 212 Å². The summed E-state index contributed by atoms with van der Waals surface area (Å²) in [6.07, 6.45) is 5.97. The molecule has 1 amide bonds. The summed E-state index contributed by atoms with van der Waals surface area (Å²) in [6.45, 7) is 7.16. The highest BCUT2D eigenvalue weighted by Crippen LogP contribution is 2.38. The van der Waals surface area contributed by atoms with E-state index in [4.69, 9.17) is 14.2 Å². The average Bonchev–Trinajstić information content (AvgIpc) is 2.92. The van der Waals surface area contributed by atoms with Gasteiger partial charge in [0, 0.05) is 11.1 Å². The lowest BCUT2D eigenvalue weighted by molar-refractivity contribution is -0.118. The van der Waals surface area contributed by atoms with Crippen molar-refractivity contribution >= 4 is 22.5 Å². The zero-order chi connectivity index (χ0) is 24.9. The molecule has 1 fully saturated rings. The number of piperidine rings is 1. The van der Waals surface area contributed by atoms with Crippen molar-refractivity contribution < 1.29 is 19.0 Å². The number of ether oxygens (including phenoxy) is 3. The molecule has 3 aliphatic rings. The molecule has 0 radical (unpaired) electrons. The van der Waals surface area contributed by atoms with E-state index in [0.717, 1.165) is 71.4 Å². The van der Waals surface area contributed by atoms with Crippen LogP contribution in [0.3, 0.4) is 0 Å². The molecule has 0 spiro atoms. The van der Waals surface area contributed by atoms with Crippen LogP contribution in [0.1, 0.15) is 43.9 Å². The fourth-order valence-corrected chi connectivity index (χ4v) is 4.91. The largest absolute Gasteiger partial charge is 0.486 e. The van der Waals surface area contributed by atoms with E-state index in [0.29, 0.717) is 6.61 Å². The molecule has 36 heavy (non-hydrogen) atoms. The number of hydrogen-bond acceptors (Lipinski definition) is 6. The number of fused-ring (bicyclic) bond motifs is 4. The Balaban J connectivity index is 0.000000149. The number of anilines is 1. The number of carbonyl (C=O) groups excluding carboxylic acids is 1. The molecule has 1 saturated heterocycles. The quantitative estimate of drug-likeness (QED) is 0.534. The van der Waals surface area contributed by atoms with Crippen molar-refractivity contribution in [1.82, 2.24) is 10.3 Å². The van der Waals surface area contributed by atoms with Gasteiger partial charge in [0.1, 0.15) is 18.5 Å². The highest BCUT2D eigenvalue weighted by Gasteiger charge is 2.22. The van der Waals surface area contributed by atoms with E-state index in [-0.39, 0.29) is 18.6 Å². The van der Waals surface area contributed by atoms with E-state index in [1.54, 1.807) is 0 Å². The molecule has 6 rings (SSSR count). The number of hydrogen-bond donors (Lipinski definition) is 2. The highest BCUT2D eigenvalue weighted by molar-refractivity contribution is 5.95. The molecule has 3 aromatic rings. The molecule has 0 unspecified atom stereocenters. The van der Waals surface area contributed by atoms with Gasteiger partial charge in [0.05, 0.1) is 11.2 Å². The number of pyridine rings is 1. The van der Waals surface area contributed by atoms with Crippen LogP contribution in [0, 0.1) is 12.8 Å². The minimum atomic E-state index is -0.0667. The lowest BCUT2D eigenvalue weighted by Gasteiger charge is -2.26. The van der Waals surface area contributed by atoms with E-state index in [1.165, 1.54) is 24.8 Å². The number of nitrogens with zero attached hydrogens (tertiary/aromatic N) is 1. The van der Waals surface area contributed by atoms with Gasteiger partial charge in [-0.1, -0.05) is 13.0 Å². The summed E-state index contributed by atoms with van der Waals surface area (Å²) >= 11 is 0. The fourth-order valence-electron chi connectivity index (χ4n) is 4.91. The molecule has 0 saturated carbocycles. The van der Waals surface area contributed by atoms with Gasteiger partial charge in [-0.2, -0.15) is 0 Å². The van der Waals surface area contributed by atoms with Gasteiger partial charge in [0.15, 0.2) is 18.1 Å². The Morgan fingerprint density at radius 2 is 1.86 bits per heavy atom. The van der Waals surface area contributed by atoms with Gasteiger partial charge in [-0.05, 0) is 100.0 Å². The van der Waals surface area contributed by atoms with Gasteiger partial charge in [0.25, 0.3) is 5.91 Å². The predicted molar refractivity (Wildman–Crippen MR) is 141 cm³/mol. The first-order chi connectivity index (χ1) is 17.6. The second-order valence-electron chi connectivity index (χ2n) is 9.77. The summed E-state index contributed by atoms with van der Waals surface area (Å²) in [6, 6.07) is 14.1. The van der Waals surface area contributed by atoms with Crippen LogP contribution in [-0.4, -0.2) is 43.3 Å². The minimum Gasteiger partial charge on any atom is -0.486 e. The summed E-state index contributed by atoms with van der Waals surface area (Å²) in [5.74, 6) is 3.22. The van der Waals surface area contributed by atoms with Gasteiger partial charge >= 0.3 is 0 Å². The molecule has 190 valence electrons. The number of nitrogens with one attached hydrogen (secondary N) is 2. The maximum Gasteiger partial charge on any atom is 0.262 e. The Bertz CT molecular complexity index is 1220. The second kappa shape index (κ2) is 11.2. The van der Waals surface area contributed by atoms with Crippen molar-refractivity contribution in [3.63, 3.8) is 0 Å². The summed E-state index contributed by atoms with van der Waals surface area (Å²) in [7, 11) is 0. The number of aryl methyl sites for hydroxylation is 2. The van der Waals surface area contributed by atoms with Crippen LogP contribution in [-0.2, 0) is 11.2 Å². The molecule has 2 aromatic carbocycles. The summed E-state index contributed by atoms with van der Waals surface area (Å²) in [5, 5.41) is 7.29. The molecule has 4 heterocycles. The van der Waals surface area contributed by atoms with Crippen LogP contribution < -0.4 is 24.8 Å². The molecule has 7 heteroatoms. The minimum absolute atomic E-state index is 0.0667. The Morgan fingerprint density at radius 1 is 1.03 bits per heavy atom. The third kappa shape index (κ3) is 5.73. The van der Waals surface area contributed by atoms with Crippen molar-refractivity contribution in [2.75, 3.05) is 31.6 Å². The number of amides is 1. The molecule has 0 bridgehead atoms. The van der Waals surface area contributed by atoms with E-state index in [2.05, 4.69) is 34.7 Å². The van der Waals surface area contributed by atoms with E-state index in [9.17, 15) is 4.79 Å². The third-order valence-electron chi connectivity index (χ3n) is 7.07. The van der Waals surface area contributed by atoms with Gasteiger partial charge in [0.2, 0.25) is 0 Å². The van der Waals surface area contributed by atoms with Crippen molar-refractivity contribution in [3.8, 4) is 17.2 Å². The van der Waals surface area contributed by atoms with E-state index in [1.807, 2.05) is 37.3 Å². The van der Waals surface area contributed by atoms with Crippen molar-refractivity contribution in [3.05, 3.63) is 53.7 Å². The van der Waals surface area contributed by atoms with Crippen LogP contribution in [0.2, 0.25) is 0 Å². The molecule has 3 aliphatic heterocycles. The molecule has 1 aromatic heterocycles. The van der Waals surface area contributed by atoms with Crippen LogP contribution in [0.15, 0.2) is 42.5 Å². The van der Waals surface area contributed by atoms with Gasteiger partial charge < -0.3 is 24.8 Å². The topological polar surface area (TPSA) is 81.7 Å². The highest BCUT2D eigenvalue weighted by atomic mass is 16.6. The van der Waals surface area contributed by atoms with Gasteiger partial charge in [-0.25, -0.2) is 0 Å². The molecule has 1 atom stereocenters. The zero-order valence-corrected chi connectivity index (χ0v) is 21.1. The third-order valence-corrected chi connectivity index (χ3v) is 7.07. The first kappa shape index (κ1) is 24.4. The monoisotopic (exact) mass is 489 g/mol. The maximum atomic E-state index is 11.3. The van der Waals surface area contributed by atoms with Gasteiger partial charge in [-0.3, -0.25) is 9.78 Å². The van der Waals surface area contributed by atoms with Crippen LogP contribution in [0.5, 0.6) is 17.2 Å². The van der Waals surface area contributed by atoms with Crippen molar-refractivity contribution in [1.29, 1.82) is 0 Å². The second-order valence-corrected chi connectivity index (χ2v) is 9.77. The Hall–Kier alpha value is -3.32. The van der Waals surface area contributed by atoms with Crippen LogP contribution >= 0.6 is 0 Å². The Kier molecular flexibility index (Phi) is 7.56. The van der Waals surface area contributed by atoms with Crippen molar-refractivity contribution in [2.24, 2.45) is 5.92 Å². The Morgan fingerprint density at radius 3 is 2.69 bits per heavy atom. The zero-order valence-electron chi connectivity index (χ0n) is 21.1. The number of benzene rings is 2. The average molecular weight is 490 g/mol. The summed E-state index contributed by atoms with van der Waals surface area (Å²) < 4.78 is 17.0. The molecule has 0 aliphatic carbocycles. The summed E-state index contributed by atoms with van der Waals surface area (Å²) in [4.78, 5) is 15.8. The number of carbonyl (C=O) groups is 1. The van der Waals surface area contributed by atoms with E-state index < -0.39 is 0 Å². The lowest BCUT2D eigenvalue weighted by atomic mass is 9.91. The fraction of sp³-hybridized carbons (Fsp3) is 0.448. The van der Waals surface area contributed by atoms with Gasteiger partial charge in [-0.15, -0.1) is 0 Å². The molecule has 2 N–H and O–H groups in total. The van der Waals surface area contributed by atoms with Crippen LogP contribution in [0.4, 0.5) is 5.69 Å². The van der Waals surface area contributed by atoms with E-state index >= 15 is 0 Å². The maximum absolute atomic E-state index is 11.3. The predicted octanol–water partition coefficient (Wildman–Crippen LogP) is 5.04.